The molecule has 232 valence electrons. The largest absolute Gasteiger partial charge is 0.458 e. The van der Waals surface area contributed by atoms with Gasteiger partial charge in [0.15, 0.2) is 17.7 Å². The van der Waals surface area contributed by atoms with Crippen LogP contribution < -0.4 is 10.1 Å². The van der Waals surface area contributed by atoms with Crippen molar-refractivity contribution in [2.45, 2.75) is 49.8 Å². The maximum Gasteiger partial charge on any atom is 0.414 e. The number of hydrogen-bond donors (Lipinski definition) is 1. The molecule has 1 unspecified atom stereocenters. The maximum absolute atomic E-state index is 14.2. The van der Waals surface area contributed by atoms with E-state index >= 15 is 0 Å². The molecule has 0 aliphatic carbocycles. The molecule has 1 aliphatic rings. The smallest absolute Gasteiger partial charge is 0.414 e. The van der Waals surface area contributed by atoms with Crippen molar-refractivity contribution >= 4 is 50.0 Å². The average molecular weight is 642 g/mol. The molecule has 1 aliphatic heterocycles. The number of carbonyl (C=O) groups is 5. The van der Waals surface area contributed by atoms with Crippen molar-refractivity contribution in [3.63, 3.8) is 0 Å². The minimum Gasteiger partial charge on any atom is -0.458 e. The SMILES string of the molecule is CN(C)C(=O)Oc1ccc(C[C@@H](C(=O)OC(C)(C)C)N(C(=O)C2NCC(=O)SC2=O)S(=O)(=O)c2ccc(F)c(F)c2)cc1. The molecule has 0 radical (unpaired) electrons. The Balaban J connectivity index is 2.15. The van der Waals surface area contributed by atoms with Crippen molar-refractivity contribution in [3.8, 4) is 5.75 Å². The molecule has 16 heteroatoms. The van der Waals surface area contributed by atoms with Gasteiger partial charge in [-0.1, -0.05) is 12.1 Å². The van der Waals surface area contributed by atoms with Gasteiger partial charge in [0.2, 0.25) is 10.2 Å². The van der Waals surface area contributed by atoms with Gasteiger partial charge in [0.1, 0.15) is 17.4 Å². The summed E-state index contributed by atoms with van der Waals surface area (Å²) in [5.74, 6) is -5.42. The Morgan fingerprint density at radius 3 is 2.21 bits per heavy atom. The Bertz CT molecular complexity index is 1540. The lowest BCUT2D eigenvalue weighted by atomic mass is 10.0. The first-order valence-corrected chi connectivity index (χ1v) is 14.9. The standard InChI is InChI=1S/C27H29F2N3O9S2/c1-27(2,3)41-24(35)20(12-15-6-8-16(9-7-15)40-26(37)31(4)5)32(23(34)22-25(36)42-21(33)14-30-22)43(38,39)17-10-11-18(28)19(29)13-17/h6-11,13,20,22,30H,12,14H2,1-5H3/t20-,22?/m0/s1. The van der Waals surface area contributed by atoms with E-state index in [9.17, 15) is 41.2 Å². The van der Waals surface area contributed by atoms with E-state index in [4.69, 9.17) is 9.47 Å². The number of hydrogen-bond acceptors (Lipinski definition) is 11. The number of nitrogens with one attached hydrogen (secondary N) is 1. The number of esters is 1. The van der Waals surface area contributed by atoms with Crippen LogP contribution in [0.2, 0.25) is 0 Å². The van der Waals surface area contributed by atoms with Crippen molar-refractivity contribution in [3.05, 3.63) is 59.7 Å². The van der Waals surface area contributed by atoms with Gasteiger partial charge in [-0.3, -0.25) is 19.7 Å². The highest BCUT2D eigenvalue weighted by molar-refractivity contribution is 8.26. The summed E-state index contributed by atoms with van der Waals surface area (Å²) >= 11 is 0.195. The topological polar surface area (TPSA) is 156 Å². The van der Waals surface area contributed by atoms with E-state index in [0.29, 0.717) is 18.2 Å². The second-order valence-electron chi connectivity index (χ2n) is 10.5. The lowest BCUT2D eigenvalue weighted by Crippen LogP contribution is -2.60. The highest BCUT2D eigenvalue weighted by atomic mass is 32.2. The summed E-state index contributed by atoms with van der Waals surface area (Å²) in [6, 6.07) is 3.27. The van der Waals surface area contributed by atoms with Crippen LogP contribution >= 0.6 is 11.8 Å². The van der Waals surface area contributed by atoms with Crippen LogP contribution in [0.5, 0.6) is 5.75 Å². The molecular formula is C27H29F2N3O9S2. The average Bonchev–Trinajstić information content (AvgIpc) is 2.89. The van der Waals surface area contributed by atoms with Gasteiger partial charge < -0.3 is 14.4 Å². The predicted octanol–water partition coefficient (Wildman–Crippen LogP) is 2.25. The molecule has 2 atom stereocenters. The van der Waals surface area contributed by atoms with Gasteiger partial charge in [0, 0.05) is 20.5 Å². The quantitative estimate of drug-likeness (QED) is 0.333. The third-order valence-corrected chi connectivity index (χ3v) is 8.31. The summed E-state index contributed by atoms with van der Waals surface area (Å²) in [6.45, 7) is 4.04. The van der Waals surface area contributed by atoms with Crippen molar-refractivity contribution < 1.29 is 50.6 Å². The van der Waals surface area contributed by atoms with Crippen LogP contribution in [-0.2, 0) is 40.4 Å². The lowest BCUT2D eigenvalue weighted by Gasteiger charge is -2.34. The summed E-state index contributed by atoms with van der Waals surface area (Å²) in [6.07, 6.45) is -1.17. The van der Waals surface area contributed by atoms with Gasteiger partial charge in [-0.05, 0) is 68.4 Å². The van der Waals surface area contributed by atoms with E-state index < -0.39 is 85.4 Å². The summed E-state index contributed by atoms with van der Waals surface area (Å²) in [5, 5.41) is 0.721. The van der Waals surface area contributed by atoms with Gasteiger partial charge in [0.25, 0.3) is 15.9 Å². The maximum atomic E-state index is 14.2. The first-order valence-electron chi connectivity index (χ1n) is 12.6. The number of halogens is 2. The van der Waals surface area contributed by atoms with Crippen molar-refractivity contribution in [1.82, 2.24) is 14.5 Å². The van der Waals surface area contributed by atoms with Crippen molar-refractivity contribution in [2.24, 2.45) is 0 Å². The van der Waals surface area contributed by atoms with Gasteiger partial charge in [-0.15, -0.1) is 0 Å². The number of carbonyl (C=O) groups excluding carboxylic acids is 5. The van der Waals surface area contributed by atoms with E-state index in [0.717, 1.165) is 0 Å². The Hall–Kier alpha value is -3.89. The molecule has 1 fully saturated rings. The predicted molar refractivity (Wildman–Crippen MR) is 149 cm³/mol. The summed E-state index contributed by atoms with van der Waals surface area (Å²) in [5.41, 5.74) is -0.896. The van der Waals surface area contributed by atoms with E-state index in [1.807, 2.05) is 0 Å². The first-order chi connectivity index (χ1) is 19.9. The second kappa shape index (κ2) is 13.2. The van der Waals surface area contributed by atoms with Gasteiger partial charge >= 0.3 is 12.1 Å². The Kier molecular flexibility index (Phi) is 10.3. The molecule has 2 aromatic rings. The molecule has 0 spiro atoms. The monoisotopic (exact) mass is 641 g/mol. The Morgan fingerprint density at radius 2 is 1.67 bits per heavy atom. The van der Waals surface area contributed by atoms with Crippen LogP contribution in [0.25, 0.3) is 0 Å². The molecule has 2 aromatic carbocycles. The van der Waals surface area contributed by atoms with Crippen LogP contribution in [0.4, 0.5) is 13.6 Å². The summed E-state index contributed by atoms with van der Waals surface area (Å²) in [7, 11) is -2.22. The van der Waals surface area contributed by atoms with Crippen LogP contribution in [0, 0.1) is 11.6 Å². The highest BCUT2D eigenvalue weighted by Crippen LogP contribution is 2.27. The Labute approximate surface area is 250 Å². The van der Waals surface area contributed by atoms with Gasteiger partial charge in [0.05, 0.1) is 11.4 Å². The molecule has 0 bridgehead atoms. The number of ether oxygens (including phenoxy) is 2. The molecule has 2 amide bonds. The normalized spacial score (nSPS) is 16.3. The molecular weight excluding hydrogens is 612 g/mol. The van der Waals surface area contributed by atoms with Crippen LogP contribution in [0.15, 0.2) is 47.4 Å². The van der Waals surface area contributed by atoms with Crippen molar-refractivity contribution in [2.75, 3.05) is 20.6 Å². The van der Waals surface area contributed by atoms with Crippen LogP contribution in [0.3, 0.4) is 0 Å². The summed E-state index contributed by atoms with van der Waals surface area (Å²) < 4.78 is 66.4. The molecule has 0 aromatic heterocycles. The van der Waals surface area contributed by atoms with Crippen LogP contribution in [0.1, 0.15) is 26.3 Å². The zero-order valence-corrected chi connectivity index (χ0v) is 25.4. The van der Waals surface area contributed by atoms with Gasteiger partial charge in [-0.25, -0.2) is 31.1 Å². The number of thioether (sulfide) groups is 1. The Morgan fingerprint density at radius 1 is 1.05 bits per heavy atom. The fraction of sp³-hybridized carbons (Fsp3) is 0.370. The van der Waals surface area contributed by atoms with Crippen molar-refractivity contribution in [1.29, 1.82) is 0 Å². The number of nitrogens with zero attached hydrogens (tertiary/aromatic N) is 2. The molecule has 0 saturated carbocycles. The van der Waals surface area contributed by atoms with E-state index in [1.54, 1.807) is 0 Å². The molecule has 3 rings (SSSR count). The molecule has 1 saturated heterocycles. The summed E-state index contributed by atoms with van der Waals surface area (Å²) in [4.78, 5) is 63.9. The minimum atomic E-state index is -5.16. The third-order valence-electron chi connectivity index (χ3n) is 5.70. The van der Waals surface area contributed by atoms with E-state index in [1.165, 1.54) is 64.0 Å². The molecule has 12 nitrogen and oxygen atoms in total. The number of sulfonamides is 1. The van der Waals surface area contributed by atoms with E-state index in [2.05, 4.69) is 5.32 Å². The number of amides is 2. The molecule has 1 N–H and O–H groups in total. The molecule has 43 heavy (non-hydrogen) atoms. The number of rotatable bonds is 8. The molecule has 1 heterocycles. The fourth-order valence-electron chi connectivity index (χ4n) is 3.72. The zero-order chi connectivity index (χ0) is 32.3. The van der Waals surface area contributed by atoms with E-state index in [-0.39, 0.29) is 27.4 Å². The minimum absolute atomic E-state index is 0.0969. The first kappa shape index (κ1) is 33.6. The zero-order valence-electron chi connectivity index (χ0n) is 23.8. The highest BCUT2D eigenvalue weighted by Gasteiger charge is 2.47. The second-order valence-corrected chi connectivity index (χ2v) is 13.4. The van der Waals surface area contributed by atoms with Crippen LogP contribution in [-0.4, -0.2) is 84.1 Å². The third kappa shape index (κ3) is 8.36. The fourth-order valence-corrected chi connectivity index (χ4v) is 5.96. The number of benzene rings is 2. The lowest BCUT2D eigenvalue weighted by molar-refractivity contribution is -0.162. The van der Waals surface area contributed by atoms with Gasteiger partial charge in [-0.2, -0.15) is 0 Å².